The molecule has 1 saturated heterocycles. The van der Waals surface area contributed by atoms with Gasteiger partial charge in [0.25, 0.3) is 0 Å². The van der Waals surface area contributed by atoms with E-state index in [0.717, 1.165) is 38.3 Å². The fourth-order valence-corrected chi connectivity index (χ4v) is 3.22. The zero-order chi connectivity index (χ0) is 16.1. The van der Waals surface area contributed by atoms with Crippen LogP contribution in [0.2, 0.25) is 0 Å². The number of piperidine rings is 1. The molecule has 1 saturated carbocycles. The number of aliphatic hydroxyl groups is 1. The standard InChI is InChI=1S/C17H34N4O/c1-4-18-15(20-14-17(22)9-8-10-17)19-13-16(2,3)21-11-6-5-7-12-21/h22H,4-14H2,1-3H3,(H2,18,19,20). The Hall–Kier alpha value is -0.810. The molecule has 0 atom stereocenters. The van der Waals surface area contributed by atoms with E-state index in [1.807, 2.05) is 0 Å². The molecule has 1 aliphatic heterocycles. The lowest BCUT2D eigenvalue weighted by atomic mass is 9.80. The minimum absolute atomic E-state index is 0.0934. The monoisotopic (exact) mass is 310 g/mol. The largest absolute Gasteiger partial charge is 0.388 e. The quantitative estimate of drug-likeness (QED) is 0.516. The van der Waals surface area contributed by atoms with E-state index in [1.54, 1.807) is 0 Å². The van der Waals surface area contributed by atoms with Crippen molar-refractivity contribution in [2.75, 3.05) is 32.7 Å². The molecule has 0 spiro atoms. The zero-order valence-electron chi connectivity index (χ0n) is 14.6. The molecule has 0 amide bonds. The molecular weight excluding hydrogens is 276 g/mol. The summed E-state index contributed by atoms with van der Waals surface area (Å²) in [6.07, 6.45) is 6.90. The summed E-state index contributed by atoms with van der Waals surface area (Å²) in [5.41, 5.74) is -0.422. The molecule has 0 aromatic carbocycles. The zero-order valence-corrected chi connectivity index (χ0v) is 14.6. The molecule has 0 radical (unpaired) electrons. The normalized spacial score (nSPS) is 23.0. The van der Waals surface area contributed by atoms with Gasteiger partial charge in [-0.05, 0) is 66.0 Å². The van der Waals surface area contributed by atoms with Crippen LogP contribution in [0.4, 0.5) is 0 Å². The number of nitrogens with one attached hydrogen (secondary N) is 2. The minimum atomic E-state index is -0.515. The van der Waals surface area contributed by atoms with Gasteiger partial charge in [-0.1, -0.05) is 6.42 Å². The van der Waals surface area contributed by atoms with Crippen LogP contribution in [0.25, 0.3) is 0 Å². The van der Waals surface area contributed by atoms with Gasteiger partial charge in [0.1, 0.15) is 0 Å². The first-order chi connectivity index (χ1) is 10.5. The second kappa shape index (κ2) is 7.64. The van der Waals surface area contributed by atoms with E-state index in [4.69, 9.17) is 4.99 Å². The van der Waals surface area contributed by atoms with E-state index < -0.39 is 5.60 Å². The summed E-state index contributed by atoms with van der Waals surface area (Å²) in [5.74, 6) is 0.827. The number of aliphatic imine (C=N–C) groups is 1. The highest BCUT2D eigenvalue weighted by atomic mass is 16.3. The summed E-state index contributed by atoms with van der Waals surface area (Å²) in [4.78, 5) is 7.32. The van der Waals surface area contributed by atoms with Crippen molar-refractivity contribution in [3.63, 3.8) is 0 Å². The lowest BCUT2D eigenvalue weighted by Gasteiger charge is -2.40. The minimum Gasteiger partial charge on any atom is -0.388 e. The summed E-state index contributed by atoms with van der Waals surface area (Å²) in [7, 11) is 0. The van der Waals surface area contributed by atoms with Crippen molar-refractivity contribution in [1.82, 2.24) is 15.5 Å². The molecule has 22 heavy (non-hydrogen) atoms. The van der Waals surface area contributed by atoms with Crippen molar-refractivity contribution in [3.8, 4) is 0 Å². The summed E-state index contributed by atoms with van der Waals surface area (Å²) >= 11 is 0. The second-order valence-corrected chi connectivity index (χ2v) is 7.49. The van der Waals surface area contributed by atoms with Gasteiger partial charge >= 0.3 is 0 Å². The molecule has 2 fully saturated rings. The molecule has 2 rings (SSSR count). The Bertz CT molecular complexity index is 371. The van der Waals surface area contributed by atoms with Crippen molar-refractivity contribution < 1.29 is 5.11 Å². The van der Waals surface area contributed by atoms with Gasteiger partial charge in [0.2, 0.25) is 0 Å². The van der Waals surface area contributed by atoms with Crippen LogP contribution >= 0.6 is 0 Å². The van der Waals surface area contributed by atoms with Crippen molar-refractivity contribution in [2.24, 2.45) is 4.99 Å². The van der Waals surface area contributed by atoms with Crippen LogP contribution in [-0.2, 0) is 0 Å². The van der Waals surface area contributed by atoms with Crippen LogP contribution < -0.4 is 10.6 Å². The summed E-state index contributed by atoms with van der Waals surface area (Å²) in [6.45, 7) is 11.2. The maximum Gasteiger partial charge on any atom is 0.191 e. The number of rotatable bonds is 6. The van der Waals surface area contributed by atoms with Gasteiger partial charge in [-0.2, -0.15) is 0 Å². The van der Waals surface area contributed by atoms with Crippen LogP contribution in [0.3, 0.4) is 0 Å². The summed E-state index contributed by atoms with van der Waals surface area (Å²) < 4.78 is 0. The molecule has 0 unspecified atom stereocenters. The third kappa shape index (κ3) is 4.85. The Morgan fingerprint density at radius 3 is 2.36 bits per heavy atom. The van der Waals surface area contributed by atoms with Crippen molar-refractivity contribution in [1.29, 1.82) is 0 Å². The first kappa shape index (κ1) is 17.5. The molecule has 0 aromatic heterocycles. The third-order valence-corrected chi connectivity index (χ3v) is 5.05. The lowest BCUT2D eigenvalue weighted by molar-refractivity contribution is -0.0279. The van der Waals surface area contributed by atoms with Gasteiger partial charge in [0, 0.05) is 18.6 Å². The summed E-state index contributed by atoms with van der Waals surface area (Å²) in [5, 5.41) is 16.8. The van der Waals surface area contributed by atoms with Crippen LogP contribution in [0, 0.1) is 0 Å². The molecule has 0 aromatic rings. The van der Waals surface area contributed by atoms with Crippen LogP contribution in [0.1, 0.15) is 59.3 Å². The highest BCUT2D eigenvalue weighted by Crippen LogP contribution is 2.30. The Labute approximate surface area is 135 Å². The molecule has 5 nitrogen and oxygen atoms in total. The van der Waals surface area contributed by atoms with Gasteiger partial charge in [-0.25, -0.2) is 0 Å². The number of likely N-dealkylation sites (tertiary alicyclic amines) is 1. The van der Waals surface area contributed by atoms with Crippen LogP contribution in [-0.4, -0.2) is 59.8 Å². The average Bonchev–Trinajstić information content (AvgIpc) is 2.49. The van der Waals surface area contributed by atoms with E-state index >= 15 is 0 Å². The molecule has 0 bridgehead atoms. The average molecular weight is 310 g/mol. The molecule has 3 N–H and O–H groups in total. The predicted molar refractivity (Wildman–Crippen MR) is 92.3 cm³/mol. The smallest absolute Gasteiger partial charge is 0.191 e. The lowest BCUT2D eigenvalue weighted by Crippen LogP contribution is -2.52. The first-order valence-corrected chi connectivity index (χ1v) is 8.95. The maximum atomic E-state index is 10.2. The van der Waals surface area contributed by atoms with Gasteiger partial charge in [-0.15, -0.1) is 0 Å². The number of hydrogen-bond acceptors (Lipinski definition) is 3. The predicted octanol–water partition coefficient (Wildman–Crippen LogP) is 1.72. The molecular formula is C17H34N4O. The highest BCUT2D eigenvalue weighted by molar-refractivity contribution is 5.79. The fraction of sp³-hybridized carbons (Fsp3) is 0.941. The van der Waals surface area contributed by atoms with Crippen LogP contribution in [0.15, 0.2) is 4.99 Å². The van der Waals surface area contributed by atoms with Gasteiger partial charge in [0.15, 0.2) is 5.96 Å². The number of guanidine groups is 1. The SMILES string of the molecule is CCNC(=NCC(C)(C)N1CCCCC1)NCC1(O)CCC1. The number of nitrogens with zero attached hydrogens (tertiary/aromatic N) is 2. The molecule has 2 aliphatic rings. The topological polar surface area (TPSA) is 59.9 Å². The van der Waals surface area contributed by atoms with E-state index in [9.17, 15) is 5.11 Å². The highest BCUT2D eigenvalue weighted by Gasteiger charge is 2.34. The van der Waals surface area contributed by atoms with Crippen molar-refractivity contribution in [3.05, 3.63) is 0 Å². The van der Waals surface area contributed by atoms with Gasteiger partial charge in [0.05, 0.1) is 12.1 Å². The van der Waals surface area contributed by atoms with Crippen molar-refractivity contribution in [2.45, 2.75) is 70.4 Å². The van der Waals surface area contributed by atoms with Gasteiger partial charge < -0.3 is 15.7 Å². The molecule has 128 valence electrons. The second-order valence-electron chi connectivity index (χ2n) is 7.49. The first-order valence-electron chi connectivity index (χ1n) is 8.95. The van der Waals surface area contributed by atoms with E-state index in [0.29, 0.717) is 6.54 Å². The number of hydrogen-bond donors (Lipinski definition) is 3. The Balaban J connectivity index is 1.87. The fourth-order valence-electron chi connectivity index (χ4n) is 3.22. The molecule has 5 heteroatoms. The Morgan fingerprint density at radius 2 is 1.82 bits per heavy atom. The van der Waals surface area contributed by atoms with E-state index in [2.05, 4.69) is 36.3 Å². The van der Waals surface area contributed by atoms with Crippen LogP contribution in [0.5, 0.6) is 0 Å². The summed E-state index contributed by atoms with van der Waals surface area (Å²) in [6, 6.07) is 0. The Morgan fingerprint density at radius 1 is 1.14 bits per heavy atom. The molecule has 1 aliphatic carbocycles. The maximum absolute atomic E-state index is 10.2. The van der Waals surface area contributed by atoms with E-state index in [1.165, 1.54) is 32.4 Å². The third-order valence-electron chi connectivity index (χ3n) is 5.05. The van der Waals surface area contributed by atoms with Crippen molar-refractivity contribution >= 4 is 5.96 Å². The van der Waals surface area contributed by atoms with E-state index in [-0.39, 0.29) is 5.54 Å². The Kier molecular flexibility index (Phi) is 6.09. The molecule has 1 heterocycles. The van der Waals surface area contributed by atoms with Gasteiger partial charge in [-0.3, -0.25) is 9.89 Å².